The largest absolute Gasteiger partial charge is 0.471 e. The monoisotopic (exact) mass is 622 g/mol. The maximum Gasteiger partial charge on any atom is 0.245 e. The van der Waals surface area contributed by atoms with E-state index < -0.39 is 5.82 Å². The summed E-state index contributed by atoms with van der Waals surface area (Å²) >= 11 is 6.95. The van der Waals surface area contributed by atoms with Crippen LogP contribution >= 0.6 is 11.6 Å². The third-order valence-corrected chi connectivity index (χ3v) is 9.72. The van der Waals surface area contributed by atoms with Crippen molar-refractivity contribution in [1.29, 1.82) is 10.5 Å². The Kier molecular flexibility index (Phi) is 7.74. The molecule has 0 unspecified atom stereocenters. The quantitative estimate of drug-likeness (QED) is 0.227. The predicted octanol–water partition coefficient (Wildman–Crippen LogP) is 6.53. The topological polar surface area (TPSA) is 116 Å². The number of nitrogens with one attached hydrogen (secondary N) is 1. The van der Waals surface area contributed by atoms with E-state index in [4.69, 9.17) is 21.3 Å². The first kappa shape index (κ1) is 29.4. The van der Waals surface area contributed by atoms with E-state index in [9.17, 15) is 10.5 Å². The molecular weight excluding hydrogens is 591 g/mol. The molecule has 4 heterocycles. The van der Waals surface area contributed by atoms with Gasteiger partial charge in [-0.05, 0) is 75.8 Å². The first-order valence-corrected chi connectivity index (χ1v) is 15.7. The summed E-state index contributed by atoms with van der Waals surface area (Å²) in [5.74, 6) is -0.377. The van der Waals surface area contributed by atoms with E-state index in [0.29, 0.717) is 45.8 Å². The lowest BCUT2D eigenvalue weighted by atomic mass is 9.93. The molecule has 2 saturated heterocycles. The molecule has 228 valence electrons. The molecule has 45 heavy (non-hydrogen) atoms. The van der Waals surface area contributed by atoms with Crippen LogP contribution in [0.5, 0.6) is 5.88 Å². The number of likely N-dealkylation sites (N-methyl/N-ethyl adjacent to an activating group) is 1. The molecule has 5 aromatic rings. The lowest BCUT2D eigenvalue weighted by molar-refractivity contribution is 0.118. The Hall–Kier alpha value is -4.35. The standard InChI is InChI=1S/C34H32ClFN8O/c1-19(27-10-5-15-43(27)2)45-34-32-33(44(42-41-32)23-12-14-39-22(16-23)11-13-37)25-17-26(35)29(30(36)31(25)40-34)24-9-4-7-20-6-3-8-21(18-38)28(20)24/h3-4,6-9,17,19,22-23,27,39H,5,10-12,14-16H2,1-2H3/t19-,22+,23-,27-/m0/s1. The molecule has 2 aliphatic rings. The SMILES string of the molecule is C[C@H](Oc1nc2c(F)c(-c3cccc4cccc(C#N)c34)c(Cl)cc2c2c1nnn2[C@H]1CCN[C@H](CC#N)C1)[C@@H]1CCCN1C. The van der Waals surface area contributed by atoms with Gasteiger partial charge in [-0.25, -0.2) is 14.1 Å². The van der Waals surface area contributed by atoms with Crippen molar-refractivity contribution in [2.75, 3.05) is 20.1 Å². The Morgan fingerprint density at radius 1 is 1.18 bits per heavy atom. The molecule has 0 aliphatic carbocycles. The number of likely N-dealkylation sites (tertiary alicyclic amines) is 1. The Morgan fingerprint density at radius 2 is 2.00 bits per heavy atom. The normalized spacial score (nSPS) is 21.2. The minimum atomic E-state index is -0.601. The highest BCUT2D eigenvalue weighted by Crippen LogP contribution is 2.43. The van der Waals surface area contributed by atoms with Crippen molar-refractivity contribution < 1.29 is 9.13 Å². The number of hydrogen-bond donors (Lipinski definition) is 1. The third kappa shape index (κ3) is 5.04. The van der Waals surface area contributed by atoms with Crippen molar-refractivity contribution in [2.45, 2.75) is 63.3 Å². The fourth-order valence-corrected chi connectivity index (χ4v) is 7.52. The number of halogens is 2. The first-order chi connectivity index (χ1) is 21.9. The zero-order valence-corrected chi connectivity index (χ0v) is 25.9. The van der Waals surface area contributed by atoms with Gasteiger partial charge in [-0.15, -0.1) is 5.10 Å². The number of hydrogen-bond acceptors (Lipinski definition) is 8. The average Bonchev–Trinajstić information content (AvgIpc) is 3.69. The molecule has 1 N–H and O–H groups in total. The molecule has 0 radical (unpaired) electrons. The molecule has 4 atom stereocenters. The first-order valence-electron chi connectivity index (χ1n) is 15.4. The highest BCUT2D eigenvalue weighted by molar-refractivity contribution is 6.35. The number of ether oxygens (including phenoxy) is 1. The predicted molar refractivity (Wildman–Crippen MR) is 171 cm³/mol. The van der Waals surface area contributed by atoms with Crippen LogP contribution in [0.1, 0.15) is 50.6 Å². The number of piperidine rings is 1. The maximum absolute atomic E-state index is 17.0. The molecule has 0 bridgehead atoms. The van der Waals surface area contributed by atoms with Crippen molar-refractivity contribution in [3.63, 3.8) is 0 Å². The number of benzene rings is 3. The minimum Gasteiger partial charge on any atom is -0.471 e. The van der Waals surface area contributed by atoms with Gasteiger partial charge in [0.15, 0.2) is 11.3 Å². The van der Waals surface area contributed by atoms with Crippen LogP contribution in [-0.4, -0.2) is 63.2 Å². The van der Waals surface area contributed by atoms with Crippen LogP contribution in [0.2, 0.25) is 5.02 Å². The van der Waals surface area contributed by atoms with Gasteiger partial charge in [-0.3, -0.25) is 4.90 Å². The summed E-state index contributed by atoms with van der Waals surface area (Å²) in [5, 5.41) is 33.9. The van der Waals surface area contributed by atoms with E-state index in [1.807, 2.05) is 35.9 Å². The van der Waals surface area contributed by atoms with Crippen LogP contribution in [0, 0.1) is 28.5 Å². The summed E-state index contributed by atoms with van der Waals surface area (Å²) in [7, 11) is 2.08. The van der Waals surface area contributed by atoms with Crippen LogP contribution in [0.25, 0.3) is 43.8 Å². The van der Waals surface area contributed by atoms with Crippen LogP contribution in [0.4, 0.5) is 4.39 Å². The van der Waals surface area contributed by atoms with Gasteiger partial charge in [0.05, 0.1) is 35.2 Å². The molecule has 2 fully saturated rings. The number of pyridine rings is 1. The van der Waals surface area contributed by atoms with Gasteiger partial charge in [0.1, 0.15) is 17.1 Å². The molecule has 9 nitrogen and oxygen atoms in total. The van der Waals surface area contributed by atoms with Crippen molar-refractivity contribution in [2.24, 2.45) is 0 Å². The van der Waals surface area contributed by atoms with Gasteiger partial charge in [0.25, 0.3) is 0 Å². The second kappa shape index (κ2) is 11.9. The van der Waals surface area contributed by atoms with Crippen LogP contribution in [0.3, 0.4) is 0 Å². The van der Waals surface area contributed by atoms with E-state index >= 15 is 4.39 Å². The smallest absolute Gasteiger partial charge is 0.245 e. The molecule has 2 aliphatic heterocycles. The third-order valence-electron chi connectivity index (χ3n) is 9.42. The summed E-state index contributed by atoms with van der Waals surface area (Å²) in [5.41, 5.74) is 2.28. The molecule has 0 amide bonds. The van der Waals surface area contributed by atoms with Crippen LogP contribution in [-0.2, 0) is 0 Å². The average molecular weight is 623 g/mol. The number of rotatable bonds is 6. The molecule has 0 spiro atoms. The summed E-state index contributed by atoms with van der Waals surface area (Å²) in [6.45, 7) is 3.72. The zero-order chi connectivity index (χ0) is 31.2. The molecule has 3 aromatic carbocycles. The number of fused-ring (bicyclic) bond motifs is 4. The van der Waals surface area contributed by atoms with Gasteiger partial charge in [-0.2, -0.15) is 10.5 Å². The summed E-state index contributed by atoms with van der Waals surface area (Å²) in [6, 6.07) is 17.3. The van der Waals surface area contributed by atoms with Gasteiger partial charge < -0.3 is 10.1 Å². The van der Waals surface area contributed by atoms with Crippen LogP contribution < -0.4 is 10.1 Å². The lowest BCUT2D eigenvalue weighted by Gasteiger charge is -2.29. The Labute approximate surface area is 265 Å². The highest BCUT2D eigenvalue weighted by Gasteiger charge is 2.32. The van der Waals surface area contributed by atoms with Crippen LogP contribution in [0.15, 0.2) is 42.5 Å². The van der Waals surface area contributed by atoms with Gasteiger partial charge in [0, 0.05) is 28.4 Å². The summed E-state index contributed by atoms with van der Waals surface area (Å²) in [6.07, 6.45) is 3.68. The lowest BCUT2D eigenvalue weighted by Crippen LogP contribution is -2.39. The molecule has 2 aromatic heterocycles. The van der Waals surface area contributed by atoms with E-state index in [-0.39, 0.29) is 46.2 Å². The molecule has 0 saturated carbocycles. The Morgan fingerprint density at radius 3 is 2.76 bits per heavy atom. The minimum absolute atomic E-state index is 0.0161. The number of aromatic nitrogens is 4. The molecule has 11 heteroatoms. The Balaban J connectivity index is 1.46. The van der Waals surface area contributed by atoms with Gasteiger partial charge >= 0.3 is 0 Å². The van der Waals surface area contributed by atoms with Gasteiger partial charge in [-0.1, -0.05) is 47.1 Å². The molecule has 7 rings (SSSR count). The van der Waals surface area contributed by atoms with Crippen molar-refractivity contribution in [3.8, 4) is 29.1 Å². The van der Waals surface area contributed by atoms with Crippen molar-refractivity contribution >= 4 is 44.3 Å². The summed E-state index contributed by atoms with van der Waals surface area (Å²) in [4.78, 5) is 7.06. The fourth-order valence-electron chi connectivity index (χ4n) is 7.22. The van der Waals surface area contributed by atoms with E-state index in [2.05, 4.69) is 39.7 Å². The Bertz CT molecular complexity index is 2030. The van der Waals surface area contributed by atoms with Gasteiger partial charge in [0.2, 0.25) is 5.88 Å². The summed E-state index contributed by atoms with van der Waals surface area (Å²) < 4.78 is 25.4. The van der Waals surface area contributed by atoms with E-state index in [1.165, 1.54) is 0 Å². The molecular formula is C34H32ClFN8O. The second-order valence-electron chi connectivity index (χ2n) is 12.1. The van der Waals surface area contributed by atoms with E-state index in [1.54, 1.807) is 18.2 Å². The second-order valence-corrected chi connectivity index (χ2v) is 12.5. The maximum atomic E-state index is 17.0. The number of nitrogens with zero attached hydrogens (tertiary/aromatic N) is 7. The number of nitriles is 2. The zero-order valence-electron chi connectivity index (χ0n) is 25.1. The van der Waals surface area contributed by atoms with Crippen molar-refractivity contribution in [1.82, 2.24) is 30.2 Å². The fraction of sp³-hybridized carbons (Fsp3) is 0.382. The van der Waals surface area contributed by atoms with E-state index in [0.717, 1.165) is 37.7 Å². The van der Waals surface area contributed by atoms with Crippen molar-refractivity contribution in [3.05, 3.63) is 58.9 Å². The highest BCUT2D eigenvalue weighted by atomic mass is 35.5.